The van der Waals surface area contributed by atoms with Crippen LogP contribution >= 0.6 is 0 Å². The number of amides is 1. The third kappa shape index (κ3) is 2.23. The Hall–Kier alpha value is -2.03. The summed E-state index contributed by atoms with van der Waals surface area (Å²) in [5.41, 5.74) is 2.57. The van der Waals surface area contributed by atoms with E-state index in [1.54, 1.807) is 11.1 Å². The molecule has 2 aromatic rings. The Morgan fingerprint density at radius 2 is 1.94 bits per heavy atom. The predicted octanol–water partition coefficient (Wildman–Crippen LogP) is 2.99. The van der Waals surface area contributed by atoms with Gasteiger partial charge in [0.25, 0.3) is 5.91 Å². The second kappa shape index (κ2) is 4.87. The summed E-state index contributed by atoms with van der Waals surface area (Å²) in [5.74, 6) is 0.0393. The molecule has 3 nitrogen and oxygen atoms in total. The van der Waals surface area contributed by atoms with Crippen molar-refractivity contribution in [1.82, 2.24) is 4.98 Å². The van der Waals surface area contributed by atoms with Gasteiger partial charge in [0.05, 0.1) is 5.56 Å². The van der Waals surface area contributed by atoms with Crippen LogP contribution in [-0.2, 0) is 0 Å². The normalized spacial score (nSPS) is 10.2. The van der Waals surface area contributed by atoms with Crippen LogP contribution in [0, 0.1) is 6.92 Å². The van der Waals surface area contributed by atoms with Crippen LogP contribution in [0.5, 0.6) is 0 Å². The molecule has 0 aliphatic rings. The van der Waals surface area contributed by atoms with E-state index in [4.69, 9.17) is 0 Å². The predicted molar refractivity (Wildman–Crippen MR) is 69.3 cm³/mol. The van der Waals surface area contributed by atoms with Crippen molar-refractivity contribution in [2.75, 3.05) is 11.4 Å². The molecular weight excluding hydrogens is 212 g/mol. The molecule has 0 aliphatic carbocycles. The zero-order chi connectivity index (χ0) is 12.3. The number of aromatic amines is 1. The highest BCUT2D eigenvalue weighted by Crippen LogP contribution is 2.17. The zero-order valence-electron chi connectivity index (χ0n) is 10.1. The topological polar surface area (TPSA) is 36.1 Å². The summed E-state index contributed by atoms with van der Waals surface area (Å²) in [7, 11) is 0. The number of nitrogens with zero attached hydrogens (tertiary/aromatic N) is 1. The van der Waals surface area contributed by atoms with Crippen molar-refractivity contribution in [3.05, 3.63) is 53.9 Å². The number of H-pyrrole nitrogens is 1. The van der Waals surface area contributed by atoms with E-state index in [1.807, 2.05) is 50.2 Å². The van der Waals surface area contributed by atoms with Gasteiger partial charge in [0.15, 0.2) is 0 Å². The molecule has 2 rings (SSSR count). The smallest absolute Gasteiger partial charge is 0.260 e. The second-order valence-corrected chi connectivity index (χ2v) is 3.90. The van der Waals surface area contributed by atoms with Crippen molar-refractivity contribution in [1.29, 1.82) is 0 Å². The number of nitrogens with one attached hydrogen (secondary N) is 1. The standard InChI is InChI=1S/C14H16N2O/c1-3-16(12-7-5-4-6-8-12)14(17)13-9-10-15-11(13)2/h4-10,15H,3H2,1-2H3. The lowest BCUT2D eigenvalue weighted by Gasteiger charge is -2.20. The minimum Gasteiger partial charge on any atom is -0.365 e. The maximum absolute atomic E-state index is 12.4. The molecule has 0 fully saturated rings. The van der Waals surface area contributed by atoms with E-state index in [0.717, 1.165) is 16.9 Å². The Balaban J connectivity index is 2.32. The fraction of sp³-hybridized carbons (Fsp3) is 0.214. The number of aryl methyl sites for hydroxylation is 1. The lowest BCUT2D eigenvalue weighted by atomic mass is 10.2. The van der Waals surface area contributed by atoms with Crippen molar-refractivity contribution >= 4 is 11.6 Å². The molecule has 1 N–H and O–H groups in total. The van der Waals surface area contributed by atoms with E-state index in [1.165, 1.54) is 0 Å². The Kier molecular flexibility index (Phi) is 3.28. The fourth-order valence-corrected chi connectivity index (χ4v) is 1.88. The molecule has 0 atom stereocenters. The van der Waals surface area contributed by atoms with Gasteiger partial charge in [-0.15, -0.1) is 0 Å². The number of rotatable bonds is 3. The molecule has 1 aromatic carbocycles. The number of aromatic nitrogens is 1. The molecule has 1 heterocycles. The number of para-hydroxylation sites is 1. The molecule has 0 bridgehead atoms. The SMILES string of the molecule is CCN(C(=O)c1cc[nH]c1C)c1ccccc1. The molecule has 0 unspecified atom stereocenters. The Morgan fingerprint density at radius 3 is 2.47 bits per heavy atom. The first kappa shape index (κ1) is 11.5. The van der Waals surface area contributed by atoms with Crippen molar-refractivity contribution in [3.8, 4) is 0 Å². The number of hydrogen-bond donors (Lipinski definition) is 1. The van der Waals surface area contributed by atoms with Crippen LogP contribution in [0.1, 0.15) is 23.0 Å². The third-order valence-electron chi connectivity index (χ3n) is 2.81. The summed E-state index contributed by atoms with van der Waals surface area (Å²) in [4.78, 5) is 17.2. The van der Waals surface area contributed by atoms with E-state index in [-0.39, 0.29) is 5.91 Å². The van der Waals surface area contributed by atoms with Crippen molar-refractivity contribution in [2.45, 2.75) is 13.8 Å². The van der Waals surface area contributed by atoms with Crippen LogP contribution in [-0.4, -0.2) is 17.4 Å². The van der Waals surface area contributed by atoms with Crippen LogP contribution in [0.15, 0.2) is 42.6 Å². The zero-order valence-corrected chi connectivity index (χ0v) is 10.1. The molecule has 0 aliphatic heterocycles. The first-order valence-corrected chi connectivity index (χ1v) is 5.75. The molecule has 0 spiro atoms. The molecule has 3 heteroatoms. The second-order valence-electron chi connectivity index (χ2n) is 3.90. The molecule has 17 heavy (non-hydrogen) atoms. The Morgan fingerprint density at radius 1 is 1.24 bits per heavy atom. The van der Waals surface area contributed by atoms with Gasteiger partial charge in [0.1, 0.15) is 0 Å². The number of carbonyl (C=O) groups is 1. The third-order valence-corrected chi connectivity index (χ3v) is 2.81. The molecule has 0 saturated carbocycles. The monoisotopic (exact) mass is 228 g/mol. The highest BCUT2D eigenvalue weighted by atomic mass is 16.2. The number of carbonyl (C=O) groups excluding carboxylic acids is 1. The minimum absolute atomic E-state index is 0.0393. The molecule has 1 amide bonds. The van der Waals surface area contributed by atoms with Gasteiger partial charge in [-0.3, -0.25) is 4.79 Å². The summed E-state index contributed by atoms with van der Waals surface area (Å²) < 4.78 is 0. The maximum Gasteiger partial charge on any atom is 0.260 e. The summed E-state index contributed by atoms with van der Waals surface area (Å²) in [6, 6.07) is 11.5. The van der Waals surface area contributed by atoms with Crippen LogP contribution in [0.3, 0.4) is 0 Å². The average Bonchev–Trinajstić information content (AvgIpc) is 2.77. The van der Waals surface area contributed by atoms with Crippen LogP contribution in [0.25, 0.3) is 0 Å². The van der Waals surface area contributed by atoms with Gasteiger partial charge in [-0.05, 0) is 32.0 Å². The van der Waals surface area contributed by atoms with Crippen molar-refractivity contribution < 1.29 is 4.79 Å². The van der Waals surface area contributed by atoms with E-state index in [0.29, 0.717) is 6.54 Å². The van der Waals surface area contributed by atoms with Gasteiger partial charge in [-0.25, -0.2) is 0 Å². The van der Waals surface area contributed by atoms with Gasteiger partial charge >= 0.3 is 0 Å². The summed E-state index contributed by atoms with van der Waals surface area (Å²) >= 11 is 0. The van der Waals surface area contributed by atoms with E-state index in [9.17, 15) is 4.79 Å². The first-order chi connectivity index (χ1) is 8.24. The Labute approximate surface area is 101 Å². The van der Waals surface area contributed by atoms with E-state index >= 15 is 0 Å². The van der Waals surface area contributed by atoms with E-state index in [2.05, 4.69) is 4.98 Å². The first-order valence-electron chi connectivity index (χ1n) is 5.75. The van der Waals surface area contributed by atoms with E-state index < -0.39 is 0 Å². The molecule has 0 saturated heterocycles. The van der Waals surface area contributed by atoms with Crippen molar-refractivity contribution in [2.24, 2.45) is 0 Å². The quantitative estimate of drug-likeness (QED) is 0.861. The highest BCUT2D eigenvalue weighted by Gasteiger charge is 2.17. The van der Waals surface area contributed by atoms with Gasteiger partial charge in [-0.1, -0.05) is 18.2 Å². The Bertz CT molecular complexity index is 502. The van der Waals surface area contributed by atoms with Crippen LogP contribution in [0.2, 0.25) is 0 Å². The minimum atomic E-state index is 0.0393. The number of anilines is 1. The van der Waals surface area contributed by atoms with Gasteiger partial charge in [-0.2, -0.15) is 0 Å². The highest BCUT2D eigenvalue weighted by molar-refractivity contribution is 6.06. The number of hydrogen-bond acceptors (Lipinski definition) is 1. The van der Waals surface area contributed by atoms with Gasteiger partial charge in [0, 0.05) is 24.1 Å². The van der Waals surface area contributed by atoms with Crippen molar-refractivity contribution in [3.63, 3.8) is 0 Å². The van der Waals surface area contributed by atoms with Crippen LogP contribution in [0.4, 0.5) is 5.69 Å². The number of benzene rings is 1. The summed E-state index contributed by atoms with van der Waals surface area (Å²) in [5, 5.41) is 0. The molecule has 0 radical (unpaired) electrons. The summed E-state index contributed by atoms with van der Waals surface area (Å²) in [6.45, 7) is 4.55. The van der Waals surface area contributed by atoms with Gasteiger partial charge < -0.3 is 9.88 Å². The lowest BCUT2D eigenvalue weighted by molar-refractivity contribution is 0.0988. The molecule has 1 aromatic heterocycles. The summed E-state index contributed by atoms with van der Waals surface area (Å²) in [6.07, 6.45) is 1.79. The fourth-order valence-electron chi connectivity index (χ4n) is 1.88. The molecule has 88 valence electrons. The lowest BCUT2D eigenvalue weighted by Crippen LogP contribution is -2.30. The maximum atomic E-state index is 12.4. The average molecular weight is 228 g/mol. The van der Waals surface area contributed by atoms with Gasteiger partial charge in [0.2, 0.25) is 0 Å². The van der Waals surface area contributed by atoms with Crippen LogP contribution < -0.4 is 4.90 Å². The largest absolute Gasteiger partial charge is 0.365 e. The molecular formula is C14H16N2O.